The Morgan fingerprint density at radius 1 is 1.14 bits per heavy atom. The molecule has 0 aliphatic carbocycles. The summed E-state index contributed by atoms with van der Waals surface area (Å²) in [4.78, 5) is 12.1. The quantitative estimate of drug-likeness (QED) is 0.814. The predicted octanol–water partition coefficient (Wildman–Crippen LogP) is 5.06. The molecular formula is C19H21NO. The third-order valence-electron chi connectivity index (χ3n) is 3.33. The summed E-state index contributed by atoms with van der Waals surface area (Å²) in [5.74, 6) is -0.0806. The standard InChI is InChI=1S/C19H21NO/c1-3-4-6-11-17-14-18(13-12-15(17)2)20-19(21)16-9-7-5-8-10-16/h5-14H,3-4H2,1-2H3,(H,20,21)/b11-6-. The van der Waals surface area contributed by atoms with Crippen LogP contribution in [0.3, 0.4) is 0 Å². The number of unbranched alkanes of at least 4 members (excludes halogenated alkanes) is 1. The zero-order valence-electron chi connectivity index (χ0n) is 12.6. The van der Waals surface area contributed by atoms with E-state index >= 15 is 0 Å². The van der Waals surface area contributed by atoms with E-state index < -0.39 is 0 Å². The van der Waals surface area contributed by atoms with Crippen LogP contribution in [0.25, 0.3) is 6.08 Å². The van der Waals surface area contributed by atoms with Crippen LogP contribution in [0.4, 0.5) is 5.69 Å². The molecular weight excluding hydrogens is 258 g/mol. The van der Waals surface area contributed by atoms with Gasteiger partial charge in [0, 0.05) is 11.3 Å². The Bertz CT molecular complexity index is 629. The van der Waals surface area contributed by atoms with E-state index in [4.69, 9.17) is 0 Å². The maximum atomic E-state index is 12.1. The topological polar surface area (TPSA) is 29.1 Å². The summed E-state index contributed by atoms with van der Waals surface area (Å²) < 4.78 is 0. The molecule has 0 aliphatic rings. The molecule has 1 N–H and O–H groups in total. The molecule has 2 aromatic carbocycles. The number of amides is 1. The van der Waals surface area contributed by atoms with Gasteiger partial charge in [0.1, 0.15) is 0 Å². The summed E-state index contributed by atoms with van der Waals surface area (Å²) in [7, 11) is 0. The zero-order chi connectivity index (χ0) is 15.1. The number of rotatable bonds is 5. The highest BCUT2D eigenvalue weighted by molar-refractivity contribution is 6.04. The van der Waals surface area contributed by atoms with Gasteiger partial charge in [-0.25, -0.2) is 0 Å². The molecule has 2 heteroatoms. The van der Waals surface area contributed by atoms with E-state index in [0.717, 1.165) is 24.1 Å². The smallest absolute Gasteiger partial charge is 0.255 e. The zero-order valence-corrected chi connectivity index (χ0v) is 12.6. The SMILES string of the molecule is CCC/C=C\c1cc(NC(=O)c2ccccc2)ccc1C. The van der Waals surface area contributed by atoms with E-state index in [-0.39, 0.29) is 5.91 Å². The average Bonchev–Trinajstić information content (AvgIpc) is 2.51. The molecule has 0 spiro atoms. The maximum absolute atomic E-state index is 12.1. The highest BCUT2D eigenvalue weighted by atomic mass is 16.1. The van der Waals surface area contributed by atoms with Gasteiger partial charge in [0.2, 0.25) is 0 Å². The van der Waals surface area contributed by atoms with E-state index in [2.05, 4.69) is 31.3 Å². The maximum Gasteiger partial charge on any atom is 0.255 e. The Kier molecular flexibility index (Phi) is 5.33. The van der Waals surface area contributed by atoms with Gasteiger partial charge in [-0.05, 0) is 48.7 Å². The van der Waals surface area contributed by atoms with Crippen LogP contribution in [-0.2, 0) is 0 Å². The molecule has 1 amide bonds. The fourth-order valence-electron chi connectivity index (χ4n) is 2.07. The Morgan fingerprint density at radius 3 is 2.62 bits per heavy atom. The monoisotopic (exact) mass is 279 g/mol. The number of aryl methyl sites for hydroxylation is 1. The number of carbonyl (C=O) groups is 1. The summed E-state index contributed by atoms with van der Waals surface area (Å²) in [5, 5.41) is 2.94. The first-order valence-corrected chi connectivity index (χ1v) is 7.34. The summed E-state index contributed by atoms with van der Waals surface area (Å²) in [6.45, 7) is 4.24. The first kappa shape index (κ1) is 15.0. The minimum atomic E-state index is -0.0806. The largest absolute Gasteiger partial charge is 0.322 e. The van der Waals surface area contributed by atoms with Crippen molar-refractivity contribution in [1.82, 2.24) is 0 Å². The van der Waals surface area contributed by atoms with Gasteiger partial charge >= 0.3 is 0 Å². The van der Waals surface area contributed by atoms with Gasteiger partial charge in [0.25, 0.3) is 5.91 Å². The van der Waals surface area contributed by atoms with Crippen LogP contribution in [0.2, 0.25) is 0 Å². The van der Waals surface area contributed by atoms with Crippen LogP contribution < -0.4 is 5.32 Å². The summed E-state index contributed by atoms with van der Waals surface area (Å²) in [6, 6.07) is 15.2. The van der Waals surface area contributed by atoms with Gasteiger partial charge in [0.05, 0.1) is 0 Å². The molecule has 21 heavy (non-hydrogen) atoms. The van der Waals surface area contributed by atoms with Crippen molar-refractivity contribution in [2.75, 3.05) is 5.32 Å². The molecule has 2 aromatic rings. The van der Waals surface area contributed by atoms with Crippen molar-refractivity contribution in [3.8, 4) is 0 Å². The molecule has 2 nitrogen and oxygen atoms in total. The van der Waals surface area contributed by atoms with Crippen molar-refractivity contribution < 1.29 is 4.79 Å². The van der Waals surface area contributed by atoms with E-state index in [0.29, 0.717) is 5.56 Å². The van der Waals surface area contributed by atoms with Crippen LogP contribution in [0, 0.1) is 6.92 Å². The molecule has 0 fully saturated rings. The molecule has 2 rings (SSSR count). The molecule has 0 saturated carbocycles. The number of hydrogen-bond acceptors (Lipinski definition) is 1. The lowest BCUT2D eigenvalue weighted by Gasteiger charge is -2.08. The third-order valence-corrected chi connectivity index (χ3v) is 3.33. The Hall–Kier alpha value is -2.35. The Labute approximate surface area is 126 Å². The molecule has 0 heterocycles. The van der Waals surface area contributed by atoms with E-state index in [1.165, 1.54) is 5.56 Å². The third kappa shape index (κ3) is 4.32. The second-order valence-electron chi connectivity index (χ2n) is 5.08. The average molecular weight is 279 g/mol. The van der Waals surface area contributed by atoms with Gasteiger partial charge in [-0.3, -0.25) is 4.79 Å². The van der Waals surface area contributed by atoms with Crippen LogP contribution in [-0.4, -0.2) is 5.91 Å². The van der Waals surface area contributed by atoms with Crippen LogP contribution in [0.15, 0.2) is 54.6 Å². The van der Waals surface area contributed by atoms with Crippen molar-refractivity contribution in [1.29, 1.82) is 0 Å². The minimum absolute atomic E-state index is 0.0806. The second-order valence-corrected chi connectivity index (χ2v) is 5.08. The second kappa shape index (κ2) is 7.44. The molecule has 0 aliphatic heterocycles. The van der Waals surface area contributed by atoms with E-state index in [9.17, 15) is 4.79 Å². The number of carbonyl (C=O) groups excluding carboxylic acids is 1. The number of anilines is 1. The summed E-state index contributed by atoms with van der Waals surface area (Å²) in [5.41, 5.74) is 3.85. The van der Waals surface area contributed by atoms with Crippen molar-refractivity contribution in [3.63, 3.8) is 0 Å². The molecule has 0 aromatic heterocycles. The normalized spacial score (nSPS) is 10.8. The van der Waals surface area contributed by atoms with Crippen molar-refractivity contribution >= 4 is 17.7 Å². The van der Waals surface area contributed by atoms with Crippen molar-refractivity contribution in [2.45, 2.75) is 26.7 Å². The predicted molar refractivity (Wildman–Crippen MR) is 89.5 cm³/mol. The van der Waals surface area contributed by atoms with Crippen LogP contribution >= 0.6 is 0 Å². The Balaban J connectivity index is 2.14. The van der Waals surface area contributed by atoms with Gasteiger partial charge in [-0.2, -0.15) is 0 Å². The summed E-state index contributed by atoms with van der Waals surface area (Å²) >= 11 is 0. The number of benzene rings is 2. The molecule has 0 atom stereocenters. The number of nitrogens with one attached hydrogen (secondary N) is 1. The fraction of sp³-hybridized carbons (Fsp3) is 0.211. The van der Waals surface area contributed by atoms with E-state index in [1.54, 1.807) is 0 Å². The Morgan fingerprint density at radius 2 is 1.90 bits per heavy atom. The fourth-order valence-corrected chi connectivity index (χ4v) is 2.07. The van der Waals surface area contributed by atoms with Gasteiger partial charge < -0.3 is 5.32 Å². The van der Waals surface area contributed by atoms with Gasteiger partial charge in [0.15, 0.2) is 0 Å². The first-order chi connectivity index (χ1) is 10.2. The lowest BCUT2D eigenvalue weighted by Crippen LogP contribution is -2.11. The molecule has 0 radical (unpaired) electrons. The first-order valence-electron chi connectivity index (χ1n) is 7.34. The molecule has 0 bridgehead atoms. The lowest BCUT2D eigenvalue weighted by molar-refractivity contribution is 0.102. The number of allylic oxidation sites excluding steroid dienone is 1. The van der Waals surface area contributed by atoms with Gasteiger partial charge in [-0.1, -0.05) is 49.8 Å². The van der Waals surface area contributed by atoms with Crippen LogP contribution in [0.1, 0.15) is 41.3 Å². The molecule has 108 valence electrons. The minimum Gasteiger partial charge on any atom is -0.322 e. The van der Waals surface area contributed by atoms with Crippen LogP contribution in [0.5, 0.6) is 0 Å². The highest BCUT2D eigenvalue weighted by Crippen LogP contribution is 2.18. The number of hydrogen-bond donors (Lipinski definition) is 1. The molecule has 0 saturated heterocycles. The lowest BCUT2D eigenvalue weighted by atomic mass is 10.1. The van der Waals surface area contributed by atoms with Crippen molar-refractivity contribution in [2.24, 2.45) is 0 Å². The molecule has 0 unspecified atom stereocenters. The highest BCUT2D eigenvalue weighted by Gasteiger charge is 2.05. The summed E-state index contributed by atoms with van der Waals surface area (Å²) in [6.07, 6.45) is 6.50. The van der Waals surface area contributed by atoms with E-state index in [1.807, 2.05) is 48.5 Å². The van der Waals surface area contributed by atoms with Crippen molar-refractivity contribution in [3.05, 3.63) is 71.3 Å². The van der Waals surface area contributed by atoms with Gasteiger partial charge in [-0.15, -0.1) is 0 Å².